The average molecular weight is 389 g/mol. The Labute approximate surface area is 163 Å². The zero-order chi connectivity index (χ0) is 16.1. The van der Waals surface area contributed by atoms with Crippen LogP contribution in [-0.4, -0.2) is 74.6 Å². The van der Waals surface area contributed by atoms with Crippen LogP contribution < -0.4 is 10.2 Å². The predicted molar refractivity (Wildman–Crippen MR) is 108 cm³/mol. The molecule has 0 spiro atoms. The second-order valence-corrected chi connectivity index (χ2v) is 6.59. The van der Waals surface area contributed by atoms with E-state index in [2.05, 4.69) is 46.3 Å². The quantitative estimate of drug-likeness (QED) is 0.856. The van der Waals surface area contributed by atoms with Crippen molar-refractivity contribution in [2.45, 2.75) is 13.3 Å². The van der Waals surface area contributed by atoms with Gasteiger partial charge < -0.3 is 15.1 Å². The number of hydrogen-bond acceptors (Lipinski definition) is 4. The molecule has 0 aliphatic carbocycles. The van der Waals surface area contributed by atoms with Gasteiger partial charge in [0, 0.05) is 45.0 Å². The Kier molecular flexibility index (Phi) is 9.57. The number of carbonyl (C=O) groups excluding carboxylic acids is 1. The van der Waals surface area contributed by atoms with Gasteiger partial charge in [-0.3, -0.25) is 9.69 Å². The lowest BCUT2D eigenvalue weighted by Gasteiger charge is -2.37. The molecule has 0 saturated carbocycles. The van der Waals surface area contributed by atoms with E-state index in [1.807, 2.05) is 4.90 Å². The molecule has 1 N–H and O–H groups in total. The predicted octanol–water partition coefficient (Wildman–Crippen LogP) is 1.78. The number of rotatable bonds is 3. The first-order valence-corrected chi connectivity index (χ1v) is 8.75. The van der Waals surface area contributed by atoms with Crippen molar-refractivity contribution in [2.75, 3.05) is 63.8 Å². The summed E-state index contributed by atoms with van der Waals surface area (Å²) in [5.41, 5.74) is 2.56. The number of hydrogen-bond donors (Lipinski definition) is 1. The number of nitrogens with zero attached hydrogens (tertiary/aromatic N) is 3. The van der Waals surface area contributed by atoms with Gasteiger partial charge >= 0.3 is 0 Å². The summed E-state index contributed by atoms with van der Waals surface area (Å²) in [6.45, 7) is 10.3. The number of anilines is 1. The molecule has 1 aromatic carbocycles. The smallest absolute Gasteiger partial charge is 0.236 e. The summed E-state index contributed by atoms with van der Waals surface area (Å²) in [5, 5.41) is 3.39. The number of amides is 1. The van der Waals surface area contributed by atoms with Crippen molar-refractivity contribution in [3.05, 3.63) is 29.8 Å². The van der Waals surface area contributed by atoms with E-state index in [4.69, 9.17) is 0 Å². The van der Waals surface area contributed by atoms with Gasteiger partial charge in [0.2, 0.25) is 5.91 Å². The van der Waals surface area contributed by atoms with Crippen LogP contribution in [0.1, 0.15) is 12.0 Å². The molecule has 3 rings (SSSR count). The summed E-state index contributed by atoms with van der Waals surface area (Å²) in [7, 11) is 0. The maximum absolute atomic E-state index is 12.5. The number of halogens is 2. The lowest BCUT2D eigenvalue weighted by molar-refractivity contribution is -0.132. The fourth-order valence-electron chi connectivity index (χ4n) is 3.39. The van der Waals surface area contributed by atoms with Gasteiger partial charge in [0.15, 0.2) is 0 Å². The minimum atomic E-state index is 0. The Bertz CT molecular complexity index is 528. The zero-order valence-electron chi connectivity index (χ0n) is 14.9. The number of benzene rings is 1. The third-order valence-electron chi connectivity index (χ3n) is 4.79. The van der Waals surface area contributed by atoms with Crippen molar-refractivity contribution in [1.29, 1.82) is 0 Å². The van der Waals surface area contributed by atoms with Crippen LogP contribution in [0.4, 0.5) is 5.69 Å². The highest BCUT2D eigenvalue weighted by Crippen LogP contribution is 2.17. The van der Waals surface area contributed by atoms with E-state index in [-0.39, 0.29) is 30.7 Å². The van der Waals surface area contributed by atoms with Gasteiger partial charge in [-0.25, -0.2) is 0 Å². The van der Waals surface area contributed by atoms with Crippen LogP contribution in [0.2, 0.25) is 0 Å². The minimum absolute atomic E-state index is 0. The Hall–Kier alpha value is -1.01. The highest BCUT2D eigenvalue weighted by atomic mass is 35.5. The molecule has 2 aliphatic heterocycles. The third-order valence-corrected chi connectivity index (χ3v) is 4.79. The Morgan fingerprint density at radius 3 is 2.52 bits per heavy atom. The second-order valence-electron chi connectivity index (χ2n) is 6.59. The summed E-state index contributed by atoms with van der Waals surface area (Å²) >= 11 is 0. The highest BCUT2D eigenvalue weighted by Gasteiger charge is 2.23. The van der Waals surface area contributed by atoms with Crippen molar-refractivity contribution < 1.29 is 4.79 Å². The van der Waals surface area contributed by atoms with Crippen molar-refractivity contribution >= 4 is 36.4 Å². The summed E-state index contributed by atoms with van der Waals surface area (Å²) in [4.78, 5) is 19.2. The van der Waals surface area contributed by atoms with E-state index >= 15 is 0 Å². The molecule has 0 aromatic heterocycles. The molecule has 2 aliphatic rings. The van der Waals surface area contributed by atoms with Crippen molar-refractivity contribution in [3.8, 4) is 0 Å². The third kappa shape index (κ3) is 6.33. The van der Waals surface area contributed by atoms with Gasteiger partial charge in [-0.2, -0.15) is 0 Å². The number of piperazine rings is 1. The molecular weight excluding hydrogens is 359 g/mol. The Balaban J connectivity index is 0.00000156. The Morgan fingerprint density at radius 1 is 1.04 bits per heavy atom. The molecular formula is C18H30Cl2N4O. The minimum Gasteiger partial charge on any atom is -0.368 e. The molecule has 0 bridgehead atoms. The molecule has 7 heteroatoms. The Morgan fingerprint density at radius 2 is 1.80 bits per heavy atom. The van der Waals surface area contributed by atoms with E-state index in [9.17, 15) is 4.79 Å². The SMILES string of the molecule is Cc1cccc(N2CCN(C(=O)CN3CCCNCC3)CC2)c1.Cl.Cl. The maximum Gasteiger partial charge on any atom is 0.236 e. The van der Waals surface area contributed by atoms with Crippen LogP contribution in [0.25, 0.3) is 0 Å². The van der Waals surface area contributed by atoms with Gasteiger partial charge in [0.1, 0.15) is 0 Å². The van der Waals surface area contributed by atoms with E-state index < -0.39 is 0 Å². The molecule has 0 unspecified atom stereocenters. The van der Waals surface area contributed by atoms with E-state index in [0.717, 1.165) is 58.8 Å². The summed E-state index contributed by atoms with van der Waals surface area (Å²) in [6.07, 6.45) is 1.13. The average Bonchev–Trinajstić information content (AvgIpc) is 2.84. The second kappa shape index (κ2) is 10.9. The summed E-state index contributed by atoms with van der Waals surface area (Å²) in [6, 6.07) is 8.62. The normalized spacial score (nSPS) is 18.8. The molecule has 2 saturated heterocycles. The molecule has 0 radical (unpaired) electrons. The fourth-order valence-corrected chi connectivity index (χ4v) is 3.39. The summed E-state index contributed by atoms with van der Waals surface area (Å²) in [5.74, 6) is 0.288. The first kappa shape index (κ1) is 22.0. The van der Waals surface area contributed by atoms with Crippen LogP contribution >= 0.6 is 24.8 Å². The van der Waals surface area contributed by atoms with Gasteiger partial charge in [0.25, 0.3) is 0 Å². The molecule has 1 amide bonds. The number of carbonyl (C=O) groups is 1. The monoisotopic (exact) mass is 388 g/mol. The first-order valence-electron chi connectivity index (χ1n) is 8.75. The molecule has 1 aromatic rings. The molecule has 5 nitrogen and oxygen atoms in total. The molecule has 0 atom stereocenters. The zero-order valence-corrected chi connectivity index (χ0v) is 16.6. The lowest BCUT2D eigenvalue weighted by atomic mass is 10.2. The van der Waals surface area contributed by atoms with Crippen LogP contribution in [-0.2, 0) is 4.79 Å². The summed E-state index contributed by atoms with van der Waals surface area (Å²) < 4.78 is 0. The number of nitrogens with one attached hydrogen (secondary N) is 1. The van der Waals surface area contributed by atoms with Crippen molar-refractivity contribution in [2.24, 2.45) is 0 Å². The van der Waals surface area contributed by atoms with Crippen LogP contribution in [0.15, 0.2) is 24.3 Å². The molecule has 2 heterocycles. The van der Waals surface area contributed by atoms with Gasteiger partial charge in [0.05, 0.1) is 6.54 Å². The van der Waals surface area contributed by atoms with Crippen molar-refractivity contribution in [1.82, 2.24) is 15.1 Å². The number of aryl methyl sites for hydroxylation is 1. The maximum atomic E-state index is 12.5. The van der Waals surface area contributed by atoms with E-state index in [1.54, 1.807) is 0 Å². The topological polar surface area (TPSA) is 38.8 Å². The van der Waals surface area contributed by atoms with Gasteiger partial charge in [-0.1, -0.05) is 12.1 Å². The highest BCUT2D eigenvalue weighted by molar-refractivity contribution is 5.85. The van der Waals surface area contributed by atoms with Crippen LogP contribution in [0.5, 0.6) is 0 Å². The fraction of sp³-hybridized carbons (Fsp3) is 0.611. The van der Waals surface area contributed by atoms with E-state index in [0.29, 0.717) is 6.54 Å². The van der Waals surface area contributed by atoms with Crippen LogP contribution in [0.3, 0.4) is 0 Å². The standard InChI is InChI=1S/C18H28N4O.2ClH/c1-16-4-2-5-17(14-16)21-10-12-22(13-11-21)18(23)15-20-8-3-6-19-7-9-20;;/h2,4-5,14,19H,3,6-13,15H2,1H3;2*1H. The van der Waals surface area contributed by atoms with Gasteiger partial charge in [-0.05, 0) is 44.1 Å². The first-order chi connectivity index (χ1) is 11.2. The molecule has 2 fully saturated rings. The van der Waals surface area contributed by atoms with E-state index in [1.165, 1.54) is 11.3 Å². The van der Waals surface area contributed by atoms with Crippen LogP contribution in [0, 0.1) is 6.92 Å². The van der Waals surface area contributed by atoms with Crippen molar-refractivity contribution in [3.63, 3.8) is 0 Å². The largest absolute Gasteiger partial charge is 0.368 e. The molecule has 142 valence electrons. The lowest BCUT2D eigenvalue weighted by Crippen LogP contribution is -2.51. The van der Waals surface area contributed by atoms with Gasteiger partial charge in [-0.15, -0.1) is 24.8 Å². The molecule has 25 heavy (non-hydrogen) atoms.